The first-order chi connectivity index (χ1) is 7.41. The van der Waals surface area contributed by atoms with E-state index in [1.807, 2.05) is 0 Å². The van der Waals surface area contributed by atoms with E-state index in [0.29, 0.717) is 0 Å². The molecule has 0 atom stereocenters. The first-order valence-corrected chi connectivity index (χ1v) is 7.36. The van der Waals surface area contributed by atoms with Crippen molar-refractivity contribution in [3.63, 3.8) is 0 Å². The Morgan fingerprint density at radius 1 is 0.533 bits per heavy atom. The Labute approximate surface area is 102 Å². The highest BCUT2D eigenvalue weighted by molar-refractivity contribution is 7.80. The molecule has 0 fully saturated rings. The molecule has 0 radical (unpaired) electrons. The predicted molar refractivity (Wildman–Crippen MR) is 73.7 cm³/mol. The Hall–Kier alpha value is 0.310. The van der Waals surface area contributed by atoms with Crippen LogP contribution in [-0.2, 0) is 0 Å². The van der Waals surface area contributed by atoms with Crippen LogP contribution in [0.5, 0.6) is 0 Å². The summed E-state index contributed by atoms with van der Waals surface area (Å²) in [4.78, 5) is 0. The van der Waals surface area contributed by atoms with Gasteiger partial charge in [0.25, 0.3) is 0 Å². The Morgan fingerprint density at radius 2 is 0.867 bits per heavy atom. The molecular formula is C13H29NS. The van der Waals surface area contributed by atoms with E-state index in [2.05, 4.69) is 12.6 Å². The SMILES string of the molecule is NCCCCCCCCCCCCCS. The summed E-state index contributed by atoms with van der Waals surface area (Å²) in [5, 5.41) is 0. The maximum atomic E-state index is 5.44. The molecule has 1 nitrogen and oxygen atoms in total. The van der Waals surface area contributed by atoms with Gasteiger partial charge in [-0.3, -0.25) is 0 Å². The number of hydrogen-bond acceptors (Lipinski definition) is 2. The van der Waals surface area contributed by atoms with Crippen molar-refractivity contribution in [2.75, 3.05) is 12.3 Å². The van der Waals surface area contributed by atoms with Gasteiger partial charge in [-0.05, 0) is 25.1 Å². The molecule has 0 amide bonds. The standard InChI is InChI=1S/C13H29NS/c14-12-10-8-6-4-2-1-3-5-7-9-11-13-15/h15H,1-14H2. The molecule has 0 aliphatic heterocycles. The summed E-state index contributed by atoms with van der Waals surface area (Å²) in [6.07, 6.45) is 15.1. The van der Waals surface area contributed by atoms with Crippen molar-refractivity contribution in [1.82, 2.24) is 0 Å². The molecule has 2 N–H and O–H groups in total. The second kappa shape index (κ2) is 14.3. The number of unbranched alkanes of at least 4 members (excludes halogenated alkanes) is 10. The van der Waals surface area contributed by atoms with E-state index in [4.69, 9.17) is 5.73 Å². The first-order valence-electron chi connectivity index (χ1n) is 6.72. The van der Waals surface area contributed by atoms with Gasteiger partial charge in [0.1, 0.15) is 0 Å². The number of rotatable bonds is 12. The molecule has 0 saturated carbocycles. The molecular weight excluding hydrogens is 202 g/mol. The summed E-state index contributed by atoms with van der Waals surface area (Å²) in [5.74, 6) is 1.06. The Bertz CT molecular complexity index is 94.7. The highest BCUT2D eigenvalue weighted by Gasteiger charge is 1.92. The lowest BCUT2D eigenvalue weighted by Gasteiger charge is -2.01. The van der Waals surface area contributed by atoms with Crippen LogP contribution in [0, 0.1) is 0 Å². The molecule has 0 aliphatic carbocycles. The summed E-state index contributed by atoms with van der Waals surface area (Å²) in [6.45, 7) is 0.866. The fourth-order valence-electron chi connectivity index (χ4n) is 1.85. The van der Waals surface area contributed by atoms with Gasteiger partial charge in [-0.1, -0.05) is 57.8 Å². The van der Waals surface area contributed by atoms with Crippen molar-refractivity contribution in [2.45, 2.75) is 70.6 Å². The second-order valence-electron chi connectivity index (χ2n) is 4.40. The summed E-state index contributed by atoms with van der Waals surface area (Å²) in [5.41, 5.74) is 5.44. The molecule has 92 valence electrons. The molecule has 0 spiro atoms. The van der Waals surface area contributed by atoms with Gasteiger partial charge in [0.15, 0.2) is 0 Å². The first kappa shape index (κ1) is 15.3. The minimum Gasteiger partial charge on any atom is -0.330 e. The van der Waals surface area contributed by atoms with Crippen molar-refractivity contribution in [2.24, 2.45) is 5.73 Å². The Kier molecular flexibility index (Phi) is 14.6. The number of thiol groups is 1. The van der Waals surface area contributed by atoms with Crippen LogP contribution in [0.2, 0.25) is 0 Å². The number of nitrogens with two attached hydrogens (primary N) is 1. The third-order valence-corrected chi connectivity index (χ3v) is 3.18. The molecule has 0 aliphatic rings. The van der Waals surface area contributed by atoms with Crippen molar-refractivity contribution < 1.29 is 0 Å². The highest BCUT2D eigenvalue weighted by Crippen LogP contribution is 2.11. The predicted octanol–water partition coefficient (Wildman–Crippen LogP) is 4.17. The molecule has 0 bridgehead atoms. The van der Waals surface area contributed by atoms with E-state index in [0.717, 1.165) is 12.3 Å². The average Bonchev–Trinajstić information content (AvgIpc) is 2.26. The second-order valence-corrected chi connectivity index (χ2v) is 4.85. The monoisotopic (exact) mass is 231 g/mol. The molecule has 0 rings (SSSR count). The zero-order valence-electron chi connectivity index (χ0n) is 10.2. The molecule has 15 heavy (non-hydrogen) atoms. The van der Waals surface area contributed by atoms with Crippen LogP contribution >= 0.6 is 12.6 Å². The lowest BCUT2D eigenvalue weighted by molar-refractivity contribution is 0.551. The van der Waals surface area contributed by atoms with Crippen LogP contribution in [-0.4, -0.2) is 12.3 Å². The van der Waals surface area contributed by atoms with Crippen molar-refractivity contribution >= 4 is 12.6 Å². The third-order valence-electron chi connectivity index (χ3n) is 2.86. The van der Waals surface area contributed by atoms with Gasteiger partial charge in [-0.15, -0.1) is 0 Å². The summed E-state index contributed by atoms with van der Waals surface area (Å²) < 4.78 is 0. The normalized spacial score (nSPS) is 10.8. The smallest absolute Gasteiger partial charge is 0.00773 e. The van der Waals surface area contributed by atoms with E-state index >= 15 is 0 Å². The summed E-state index contributed by atoms with van der Waals surface area (Å²) >= 11 is 4.21. The molecule has 0 aromatic rings. The lowest BCUT2D eigenvalue weighted by atomic mass is 10.1. The molecule has 0 saturated heterocycles. The summed E-state index contributed by atoms with van der Waals surface area (Å²) in [6, 6.07) is 0. The van der Waals surface area contributed by atoms with Crippen LogP contribution in [0.1, 0.15) is 70.6 Å². The zero-order valence-corrected chi connectivity index (χ0v) is 11.1. The minimum atomic E-state index is 0.866. The maximum Gasteiger partial charge on any atom is -0.00773 e. The fourth-order valence-corrected chi connectivity index (χ4v) is 2.07. The topological polar surface area (TPSA) is 26.0 Å². The fraction of sp³-hybridized carbons (Fsp3) is 1.00. The van der Waals surface area contributed by atoms with Gasteiger partial charge in [0, 0.05) is 0 Å². The van der Waals surface area contributed by atoms with E-state index in [1.54, 1.807) is 0 Å². The van der Waals surface area contributed by atoms with Crippen molar-refractivity contribution in [3.05, 3.63) is 0 Å². The van der Waals surface area contributed by atoms with E-state index in [1.165, 1.54) is 70.6 Å². The van der Waals surface area contributed by atoms with Gasteiger partial charge < -0.3 is 5.73 Å². The van der Waals surface area contributed by atoms with E-state index < -0.39 is 0 Å². The number of hydrogen-bond donors (Lipinski definition) is 2. The van der Waals surface area contributed by atoms with Crippen LogP contribution in [0.25, 0.3) is 0 Å². The van der Waals surface area contributed by atoms with Gasteiger partial charge in [-0.25, -0.2) is 0 Å². The van der Waals surface area contributed by atoms with Gasteiger partial charge >= 0.3 is 0 Å². The van der Waals surface area contributed by atoms with Crippen LogP contribution in [0.3, 0.4) is 0 Å². The minimum absolute atomic E-state index is 0.866. The van der Waals surface area contributed by atoms with Gasteiger partial charge in [0.05, 0.1) is 0 Å². The maximum absolute atomic E-state index is 5.44. The van der Waals surface area contributed by atoms with E-state index in [9.17, 15) is 0 Å². The third kappa shape index (κ3) is 14.3. The van der Waals surface area contributed by atoms with Gasteiger partial charge in [0.2, 0.25) is 0 Å². The Balaban J connectivity index is 2.81. The largest absolute Gasteiger partial charge is 0.330 e. The van der Waals surface area contributed by atoms with E-state index in [-0.39, 0.29) is 0 Å². The van der Waals surface area contributed by atoms with Gasteiger partial charge in [-0.2, -0.15) is 12.6 Å². The zero-order chi connectivity index (χ0) is 11.2. The highest BCUT2D eigenvalue weighted by atomic mass is 32.1. The van der Waals surface area contributed by atoms with Crippen LogP contribution in [0.4, 0.5) is 0 Å². The summed E-state index contributed by atoms with van der Waals surface area (Å²) in [7, 11) is 0. The van der Waals surface area contributed by atoms with Crippen LogP contribution in [0.15, 0.2) is 0 Å². The molecule has 0 aromatic heterocycles. The molecule has 0 aromatic carbocycles. The molecule has 0 unspecified atom stereocenters. The molecule has 0 heterocycles. The van der Waals surface area contributed by atoms with Crippen LogP contribution < -0.4 is 5.73 Å². The quantitative estimate of drug-likeness (QED) is 0.383. The van der Waals surface area contributed by atoms with Crippen molar-refractivity contribution in [3.8, 4) is 0 Å². The lowest BCUT2D eigenvalue weighted by Crippen LogP contribution is -1.97. The van der Waals surface area contributed by atoms with Crippen molar-refractivity contribution in [1.29, 1.82) is 0 Å². The Morgan fingerprint density at radius 3 is 1.20 bits per heavy atom. The molecule has 2 heteroatoms. The average molecular weight is 231 g/mol.